The third-order valence-electron chi connectivity index (χ3n) is 11.9. The number of hydrogen-bond acceptors (Lipinski definition) is 15. The Kier molecular flexibility index (Phi) is 30.8. The van der Waals surface area contributed by atoms with E-state index in [2.05, 4.69) is 111 Å². The molecule has 16 nitrogen and oxygen atoms in total. The molecule has 1 aliphatic carbocycles. The van der Waals surface area contributed by atoms with Crippen molar-refractivity contribution < 1.29 is 70.8 Å². The molecule has 0 fully saturated rings. The number of rotatable bonds is 44. The topological polar surface area (TPSA) is 158 Å². The molecule has 0 aliphatic heterocycles. The highest BCUT2D eigenvalue weighted by Crippen LogP contribution is 2.44. The van der Waals surface area contributed by atoms with Gasteiger partial charge in [0.2, 0.25) is 0 Å². The van der Waals surface area contributed by atoms with E-state index in [4.69, 9.17) is 66.0 Å². The number of benzene rings is 4. The van der Waals surface area contributed by atoms with Crippen molar-refractivity contribution in [2.75, 3.05) is 178 Å². The number of ether oxygens (including phenoxy) is 13. The fourth-order valence-corrected chi connectivity index (χ4v) is 13.0. The van der Waals surface area contributed by atoms with Crippen LogP contribution in [0.1, 0.15) is 37.8 Å². The van der Waals surface area contributed by atoms with Gasteiger partial charge in [0, 0.05) is 12.5 Å². The van der Waals surface area contributed by atoms with Crippen LogP contribution in [0.4, 0.5) is 4.79 Å². The zero-order valence-corrected chi connectivity index (χ0v) is 45.2. The minimum Gasteiger partial charge on any atom is -0.449 e. The van der Waals surface area contributed by atoms with Gasteiger partial charge in [0.05, 0.1) is 165 Å². The summed E-state index contributed by atoms with van der Waals surface area (Å²) in [5.74, 6) is 0.0314. The Morgan fingerprint density at radius 3 is 1.00 bits per heavy atom. The molecular formula is C57H83NO15Si. The van der Waals surface area contributed by atoms with E-state index in [1.807, 2.05) is 24.3 Å². The highest BCUT2D eigenvalue weighted by atomic mass is 28.4. The molecule has 0 radical (unpaired) electrons. The van der Waals surface area contributed by atoms with Gasteiger partial charge in [0.15, 0.2) is 0 Å². The van der Waals surface area contributed by atoms with E-state index in [1.54, 1.807) is 0 Å². The number of hydrogen-bond donors (Lipinski definition) is 1. The largest absolute Gasteiger partial charge is 0.449 e. The van der Waals surface area contributed by atoms with Crippen LogP contribution in [0.5, 0.6) is 0 Å². The Morgan fingerprint density at radius 2 is 0.676 bits per heavy atom. The van der Waals surface area contributed by atoms with Gasteiger partial charge >= 0.3 is 6.09 Å². The molecular weight excluding hydrogens is 967 g/mol. The second-order valence-electron chi connectivity index (χ2n) is 18.1. The molecule has 4 aromatic rings. The highest BCUT2D eigenvalue weighted by molar-refractivity contribution is 6.99. The fraction of sp³-hybridized carbons (Fsp3) is 0.561. The van der Waals surface area contributed by atoms with Gasteiger partial charge in [-0.1, -0.05) is 130 Å². The van der Waals surface area contributed by atoms with Crippen molar-refractivity contribution in [3.05, 3.63) is 120 Å². The number of nitrogens with one attached hydrogen (secondary N) is 1. The monoisotopic (exact) mass is 1050 g/mol. The van der Waals surface area contributed by atoms with E-state index in [0.29, 0.717) is 172 Å². The molecule has 0 unspecified atom stereocenters. The summed E-state index contributed by atoms with van der Waals surface area (Å²) in [6.45, 7) is 19.4. The van der Waals surface area contributed by atoms with Gasteiger partial charge in [0.1, 0.15) is 6.61 Å². The van der Waals surface area contributed by atoms with E-state index < -0.39 is 14.4 Å². The van der Waals surface area contributed by atoms with Gasteiger partial charge in [-0.3, -0.25) is 0 Å². The summed E-state index contributed by atoms with van der Waals surface area (Å²) in [5, 5.41) is 5.21. The average Bonchev–Trinajstić information content (AvgIpc) is 3.74. The summed E-state index contributed by atoms with van der Waals surface area (Å²) in [5.41, 5.74) is 4.76. The summed E-state index contributed by atoms with van der Waals surface area (Å²) in [6.07, 6.45) is -0.455. The molecule has 1 amide bonds. The quantitative estimate of drug-likeness (QED) is 0.0389. The van der Waals surface area contributed by atoms with E-state index >= 15 is 0 Å². The predicted molar refractivity (Wildman–Crippen MR) is 286 cm³/mol. The summed E-state index contributed by atoms with van der Waals surface area (Å²) in [7, 11) is -2.55. The summed E-state index contributed by atoms with van der Waals surface area (Å²) in [6, 6.07) is 37.8. The molecule has 0 heterocycles. The lowest BCUT2D eigenvalue weighted by Crippen LogP contribution is -2.66. The van der Waals surface area contributed by atoms with Crippen LogP contribution in [0.25, 0.3) is 11.1 Å². The van der Waals surface area contributed by atoms with Crippen molar-refractivity contribution in [2.24, 2.45) is 0 Å². The molecule has 1 aliphatic rings. The second-order valence-corrected chi connectivity index (χ2v) is 22.4. The third kappa shape index (κ3) is 22.6. The first-order valence-corrected chi connectivity index (χ1v) is 28.1. The first kappa shape index (κ1) is 60.7. The summed E-state index contributed by atoms with van der Waals surface area (Å²) in [4.78, 5) is 12.3. The maximum Gasteiger partial charge on any atom is 0.407 e. The van der Waals surface area contributed by atoms with Crippen molar-refractivity contribution >= 4 is 24.8 Å². The number of amides is 1. The molecule has 410 valence electrons. The Labute approximate surface area is 440 Å². The average molecular weight is 1050 g/mol. The first-order chi connectivity index (χ1) is 36.4. The molecule has 0 bridgehead atoms. The minimum absolute atomic E-state index is 0.0314. The zero-order valence-electron chi connectivity index (χ0n) is 44.2. The molecule has 5 rings (SSSR count). The van der Waals surface area contributed by atoms with Crippen LogP contribution in [0.15, 0.2) is 109 Å². The zero-order chi connectivity index (χ0) is 52.0. The SMILES string of the molecule is CC(C)(C)[Si](OCCOCCOCCOCCOCCOCCOCCOCCOCCOCCOCCOCCOCCNC(=O)OCC1c2ccccc2-c2ccccc21)(c1ccccc1)c1ccccc1. The number of carbonyl (C=O) groups excluding carboxylic acids is 1. The van der Waals surface area contributed by atoms with Crippen LogP contribution in [0.3, 0.4) is 0 Å². The number of alkyl carbamates (subject to hydrolysis) is 1. The maximum absolute atomic E-state index is 12.3. The molecule has 1 N–H and O–H groups in total. The Balaban J connectivity index is 0.675. The molecule has 0 saturated heterocycles. The molecule has 0 spiro atoms. The van der Waals surface area contributed by atoms with Crippen molar-refractivity contribution in [3.8, 4) is 11.1 Å². The standard InChI is InChI=1S/C57H83NO15Si/c1-57(2,3)74(49-14-6-4-7-15-49,50-16-8-5-9-17-50)73-47-46-71-45-44-70-43-42-69-41-40-68-39-38-67-37-36-66-35-34-65-33-32-64-31-30-63-29-28-62-27-26-61-25-24-60-23-22-58-56(59)72-48-55-53-20-12-10-18-51(53)52-19-11-13-21-54(52)55/h4-21,55H,22-48H2,1-3H3,(H,58,59). The van der Waals surface area contributed by atoms with Gasteiger partial charge in [-0.25, -0.2) is 4.79 Å². The number of carbonyl (C=O) groups is 1. The van der Waals surface area contributed by atoms with Crippen molar-refractivity contribution in [1.82, 2.24) is 5.32 Å². The van der Waals surface area contributed by atoms with Gasteiger partial charge in [-0.2, -0.15) is 0 Å². The van der Waals surface area contributed by atoms with Gasteiger partial charge in [-0.05, 0) is 37.7 Å². The predicted octanol–water partition coefficient (Wildman–Crippen LogP) is 6.30. The van der Waals surface area contributed by atoms with E-state index in [-0.39, 0.29) is 17.6 Å². The van der Waals surface area contributed by atoms with Gasteiger partial charge in [-0.15, -0.1) is 0 Å². The summed E-state index contributed by atoms with van der Waals surface area (Å²) < 4.78 is 79.5. The van der Waals surface area contributed by atoms with Gasteiger partial charge < -0.3 is 71.3 Å². The molecule has 74 heavy (non-hydrogen) atoms. The van der Waals surface area contributed by atoms with Gasteiger partial charge in [0.25, 0.3) is 8.32 Å². The first-order valence-electron chi connectivity index (χ1n) is 26.2. The van der Waals surface area contributed by atoms with Crippen LogP contribution >= 0.6 is 0 Å². The van der Waals surface area contributed by atoms with E-state index in [9.17, 15) is 4.79 Å². The Hall–Kier alpha value is -4.15. The van der Waals surface area contributed by atoms with E-state index in [1.165, 1.54) is 32.6 Å². The summed E-state index contributed by atoms with van der Waals surface area (Å²) >= 11 is 0. The lowest BCUT2D eigenvalue weighted by Gasteiger charge is -2.43. The number of fused-ring (bicyclic) bond motifs is 3. The van der Waals surface area contributed by atoms with Crippen molar-refractivity contribution in [3.63, 3.8) is 0 Å². The van der Waals surface area contributed by atoms with Crippen molar-refractivity contribution in [2.45, 2.75) is 31.7 Å². The van der Waals surface area contributed by atoms with Crippen LogP contribution in [-0.2, 0) is 66.0 Å². The van der Waals surface area contributed by atoms with Crippen LogP contribution in [-0.4, -0.2) is 193 Å². The fourth-order valence-electron chi connectivity index (χ4n) is 8.41. The molecule has 0 saturated carbocycles. The molecule has 4 aromatic carbocycles. The highest BCUT2D eigenvalue weighted by Gasteiger charge is 2.50. The third-order valence-corrected chi connectivity index (χ3v) is 17.0. The minimum atomic E-state index is -2.55. The lowest BCUT2D eigenvalue weighted by molar-refractivity contribution is -0.0285. The Bertz CT molecular complexity index is 1940. The smallest absolute Gasteiger partial charge is 0.407 e. The molecule has 17 heteroatoms. The normalized spacial score (nSPS) is 12.5. The van der Waals surface area contributed by atoms with Crippen molar-refractivity contribution in [1.29, 1.82) is 0 Å². The van der Waals surface area contributed by atoms with Crippen LogP contribution in [0, 0.1) is 0 Å². The van der Waals surface area contributed by atoms with E-state index in [0.717, 1.165) is 0 Å². The second kappa shape index (κ2) is 37.6. The lowest BCUT2D eigenvalue weighted by atomic mass is 9.98. The Morgan fingerprint density at radius 1 is 0.392 bits per heavy atom. The van der Waals surface area contributed by atoms with Crippen LogP contribution in [0.2, 0.25) is 5.04 Å². The van der Waals surface area contributed by atoms with Crippen LogP contribution < -0.4 is 15.7 Å². The maximum atomic E-state index is 12.3. The molecule has 0 atom stereocenters. The molecule has 0 aromatic heterocycles.